The van der Waals surface area contributed by atoms with Gasteiger partial charge in [0.15, 0.2) is 5.76 Å². The van der Waals surface area contributed by atoms with Gasteiger partial charge in [0.25, 0.3) is 11.8 Å². The van der Waals surface area contributed by atoms with E-state index in [9.17, 15) is 10.1 Å². The number of furan rings is 1. The molecule has 1 saturated heterocycles. The number of amides is 1. The second-order valence-electron chi connectivity index (χ2n) is 8.63. The average Bonchev–Trinajstić information content (AvgIpc) is 3.60. The first-order valence-electron chi connectivity index (χ1n) is 11.9. The molecule has 1 aliphatic heterocycles. The Morgan fingerprint density at radius 2 is 1.78 bits per heavy atom. The molecule has 0 aliphatic carbocycles. The summed E-state index contributed by atoms with van der Waals surface area (Å²) in [5, 5.41) is 9.66. The molecule has 3 heterocycles. The summed E-state index contributed by atoms with van der Waals surface area (Å²) in [4.78, 5) is 21.0. The Balaban J connectivity index is 1.24. The van der Waals surface area contributed by atoms with E-state index in [0.29, 0.717) is 54.9 Å². The summed E-state index contributed by atoms with van der Waals surface area (Å²) >= 11 is 0. The van der Waals surface area contributed by atoms with Crippen molar-refractivity contribution < 1.29 is 23.1 Å². The molecule has 1 fully saturated rings. The standard InChI is InChI=1S/C28H26N4O5/c1-19-7-9-20(10-8-19)35-18-21-11-12-25(36-21)26-30-23(17-29)28(37-26)32-15-13-31(14-16-32)27(33)22-5-3-4-6-24(22)34-2/h3-12H,13-16,18H2,1-2H3. The van der Waals surface area contributed by atoms with Gasteiger partial charge < -0.3 is 28.1 Å². The third kappa shape index (κ3) is 5.14. The van der Waals surface area contributed by atoms with Crippen molar-refractivity contribution in [1.82, 2.24) is 9.88 Å². The fourth-order valence-corrected chi connectivity index (χ4v) is 4.17. The molecule has 1 amide bonds. The lowest BCUT2D eigenvalue weighted by Gasteiger charge is -2.34. The number of rotatable bonds is 7. The number of oxazole rings is 1. The maximum absolute atomic E-state index is 13.0. The molecule has 188 valence electrons. The number of carbonyl (C=O) groups is 1. The van der Waals surface area contributed by atoms with E-state index >= 15 is 0 Å². The van der Waals surface area contributed by atoms with Crippen LogP contribution in [0, 0.1) is 18.3 Å². The molecular formula is C28H26N4O5. The van der Waals surface area contributed by atoms with E-state index in [2.05, 4.69) is 11.1 Å². The van der Waals surface area contributed by atoms with Crippen molar-refractivity contribution in [3.05, 3.63) is 83.2 Å². The number of carbonyl (C=O) groups excluding carboxylic acids is 1. The number of aromatic nitrogens is 1. The van der Waals surface area contributed by atoms with Crippen LogP contribution in [0.15, 0.2) is 69.5 Å². The number of anilines is 1. The van der Waals surface area contributed by atoms with Crippen molar-refractivity contribution in [3.63, 3.8) is 0 Å². The van der Waals surface area contributed by atoms with E-state index in [1.165, 1.54) is 0 Å². The largest absolute Gasteiger partial charge is 0.496 e. The first kappa shape index (κ1) is 24.0. The van der Waals surface area contributed by atoms with Crippen LogP contribution < -0.4 is 14.4 Å². The number of piperazine rings is 1. The Kier molecular flexibility index (Phi) is 6.81. The summed E-state index contributed by atoms with van der Waals surface area (Å²) in [6.07, 6.45) is 0. The zero-order valence-corrected chi connectivity index (χ0v) is 20.6. The smallest absolute Gasteiger partial charge is 0.266 e. The molecule has 2 aromatic carbocycles. The predicted octanol–water partition coefficient (Wildman–Crippen LogP) is 4.66. The molecule has 9 nitrogen and oxygen atoms in total. The average molecular weight is 499 g/mol. The molecule has 0 unspecified atom stereocenters. The van der Waals surface area contributed by atoms with Crippen LogP contribution in [0.3, 0.4) is 0 Å². The van der Waals surface area contributed by atoms with Gasteiger partial charge in [-0.15, -0.1) is 0 Å². The fraction of sp³-hybridized carbons (Fsp3) is 0.250. The highest BCUT2D eigenvalue weighted by Crippen LogP contribution is 2.31. The van der Waals surface area contributed by atoms with Gasteiger partial charge in [0.1, 0.15) is 29.9 Å². The zero-order chi connectivity index (χ0) is 25.8. The summed E-state index contributed by atoms with van der Waals surface area (Å²) in [5.74, 6) is 2.82. The van der Waals surface area contributed by atoms with Crippen LogP contribution in [-0.2, 0) is 6.61 Å². The first-order chi connectivity index (χ1) is 18.1. The molecule has 0 saturated carbocycles. The van der Waals surface area contributed by atoms with E-state index in [1.54, 1.807) is 36.3 Å². The van der Waals surface area contributed by atoms with E-state index in [1.807, 2.05) is 48.2 Å². The second-order valence-corrected chi connectivity index (χ2v) is 8.63. The van der Waals surface area contributed by atoms with Gasteiger partial charge in [0.2, 0.25) is 11.6 Å². The van der Waals surface area contributed by atoms with Crippen LogP contribution >= 0.6 is 0 Å². The second kappa shape index (κ2) is 10.5. The molecule has 37 heavy (non-hydrogen) atoms. The molecule has 5 rings (SSSR count). The van der Waals surface area contributed by atoms with E-state index in [-0.39, 0.29) is 24.1 Å². The molecule has 0 atom stereocenters. The van der Waals surface area contributed by atoms with Gasteiger partial charge in [0.05, 0.1) is 12.7 Å². The van der Waals surface area contributed by atoms with E-state index < -0.39 is 0 Å². The summed E-state index contributed by atoms with van der Waals surface area (Å²) in [7, 11) is 1.55. The van der Waals surface area contributed by atoms with Crippen molar-refractivity contribution in [1.29, 1.82) is 5.26 Å². The highest BCUT2D eigenvalue weighted by molar-refractivity contribution is 5.97. The van der Waals surface area contributed by atoms with E-state index in [4.69, 9.17) is 18.3 Å². The number of ether oxygens (including phenoxy) is 2. The van der Waals surface area contributed by atoms with Crippen molar-refractivity contribution in [2.24, 2.45) is 0 Å². The van der Waals surface area contributed by atoms with Gasteiger partial charge in [-0.2, -0.15) is 10.2 Å². The SMILES string of the molecule is COc1ccccc1C(=O)N1CCN(c2oc(-c3ccc(COc4ccc(C)cc4)o3)nc2C#N)CC1. The molecule has 0 radical (unpaired) electrons. The Morgan fingerprint density at radius 1 is 1.03 bits per heavy atom. The van der Waals surface area contributed by atoms with Crippen LogP contribution in [0.2, 0.25) is 0 Å². The predicted molar refractivity (Wildman–Crippen MR) is 136 cm³/mol. The highest BCUT2D eigenvalue weighted by Gasteiger charge is 2.28. The van der Waals surface area contributed by atoms with Crippen LogP contribution in [0.4, 0.5) is 5.88 Å². The van der Waals surface area contributed by atoms with Gasteiger partial charge in [-0.25, -0.2) is 0 Å². The lowest BCUT2D eigenvalue weighted by Crippen LogP contribution is -2.49. The number of methoxy groups -OCH3 is 1. The normalized spacial score (nSPS) is 13.3. The third-order valence-electron chi connectivity index (χ3n) is 6.18. The molecule has 1 aliphatic rings. The maximum Gasteiger partial charge on any atom is 0.266 e. The van der Waals surface area contributed by atoms with Gasteiger partial charge in [-0.3, -0.25) is 4.79 Å². The fourth-order valence-electron chi connectivity index (χ4n) is 4.17. The van der Waals surface area contributed by atoms with Gasteiger partial charge in [0, 0.05) is 26.2 Å². The number of benzene rings is 2. The molecule has 0 N–H and O–H groups in total. The van der Waals surface area contributed by atoms with Gasteiger partial charge in [-0.05, 0) is 43.3 Å². The molecule has 0 bridgehead atoms. The summed E-state index contributed by atoms with van der Waals surface area (Å²) in [5.41, 5.74) is 1.86. The third-order valence-corrected chi connectivity index (χ3v) is 6.18. The van der Waals surface area contributed by atoms with Crippen LogP contribution in [-0.4, -0.2) is 49.1 Å². The number of nitrogens with zero attached hydrogens (tertiary/aromatic N) is 4. The molecule has 2 aromatic heterocycles. The summed E-state index contributed by atoms with van der Waals surface area (Å²) < 4.78 is 22.9. The number of aryl methyl sites for hydroxylation is 1. The van der Waals surface area contributed by atoms with E-state index in [0.717, 1.165) is 11.3 Å². The summed E-state index contributed by atoms with van der Waals surface area (Å²) in [6.45, 7) is 4.21. The minimum Gasteiger partial charge on any atom is -0.496 e. The molecule has 9 heteroatoms. The lowest BCUT2D eigenvalue weighted by atomic mass is 10.1. The monoisotopic (exact) mass is 498 g/mol. The maximum atomic E-state index is 13.0. The zero-order valence-electron chi connectivity index (χ0n) is 20.6. The van der Waals surface area contributed by atoms with Crippen molar-refractivity contribution in [2.75, 3.05) is 38.2 Å². The Morgan fingerprint density at radius 3 is 2.51 bits per heavy atom. The van der Waals surface area contributed by atoms with Crippen LogP contribution in [0.5, 0.6) is 11.5 Å². The van der Waals surface area contributed by atoms with Gasteiger partial charge in [-0.1, -0.05) is 29.8 Å². The number of para-hydroxylation sites is 1. The Labute approximate surface area is 214 Å². The van der Waals surface area contributed by atoms with Crippen LogP contribution in [0.1, 0.15) is 27.4 Å². The number of hydrogen-bond donors (Lipinski definition) is 0. The van der Waals surface area contributed by atoms with Crippen molar-refractivity contribution in [3.8, 4) is 29.2 Å². The topological polar surface area (TPSA) is 105 Å². The quantitative estimate of drug-likeness (QED) is 0.362. The first-order valence-corrected chi connectivity index (χ1v) is 11.9. The highest BCUT2D eigenvalue weighted by atomic mass is 16.5. The minimum absolute atomic E-state index is 0.0909. The lowest BCUT2D eigenvalue weighted by molar-refractivity contribution is 0.0742. The summed E-state index contributed by atoms with van der Waals surface area (Å²) in [6, 6.07) is 20.6. The molecule has 0 spiro atoms. The minimum atomic E-state index is -0.0909. The Bertz CT molecular complexity index is 1430. The van der Waals surface area contributed by atoms with Gasteiger partial charge >= 0.3 is 0 Å². The molecule has 4 aromatic rings. The Hall–Kier alpha value is -4.71. The number of nitriles is 1. The number of hydrogen-bond acceptors (Lipinski definition) is 8. The van der Waals surface area contributed by atoms with Crippen molar-refractivity contribution in [2.45, 2.75) is 13.5 Å². The van der Waals surface area contributed by atoms with Crippen LogP contribution in [0.25, 0.3) is 11.7 Å². The van der Waals surface area contributed by atoms with Crippen molar-refractivity contribution >= 4 is 11.8 Å². The molecular weight excluding hydrogens is 472 g/mol.